The molecule has 0 saturated carbocycles. The van der Waals surface area contributed by atoms with Gasteiger partial charge in [0, 0.05) is 36.9 Å². The van der Waals surface area contributed by atoms with E-state index in [1.165, 1.54) is 24.3 Å². The molecule has 4 saturated heterocycles. The number of amidine groups is 2. The lowest BCUT2D eigenvalue weighted by Gasteiger charge is -2.33. The number of hydrogen-bond donors (Lipinski definition) is 2. The van der Waals surface area contributed by atoms with Crippen molar-refractivity contribution >= 4 is 34.2 Å². The van der Waals surface area contributed by atoms with Gasteiger partial charge in [-0.1, -0.05) is 12.0 Å². The molecule has 0 spiro atoms. The Morgan fingerprint density at radius 3 is 2.87 bits per heavy atom. The van der Waals surface area contributed by atoms with E-state index in [-0.39, 0.29) is 53.1 Å². The third-order valence-electron chi connectivity index (χ3n) is 9.93. The quantitative estimate of drug-likeness (QED) is 0.394. The van der Waals surface area contributed by atoms with Gasteiger partial charge < -0.3 is 24.6 Å². The summed E-state index contributed by atoms with van der Waals surface area (Å²) in [6, 6.07) is 4.52. The van der Waals surface area contributed by atoms with Crippen LogP contribution in [-0.4, -0.2) is 94.5 Å². The molecule has 0 radical (unpaired) electrons. The maximum Gasteiger partial charge on any atom is 0.321 e. The summed E-state index contributed by atoms with van der Waals surface area (Å²) in [5.74, 6) is 0.794. The van der Waals surface area contributed by atoms with Gasteiger partial charge in [-0.05, 0) is 55.0 Å². The molecule has 4 atom stereocenters. The van der Waals surface area contributed by atoms with E-state index in [1.54, 1.807) is 0 Å². The van der Waals surface area contributed by atoms with Crippen LogP contribution in [0.15, 0.2) is 56.3 Å². The van der Waals surface area contributed by atoms with E-state index in [0.717, 1.165) is 25.0 Å². The molecule has 6 bridgehead atoms. The molecule has 45 heavy (non-hydrogen) atoms. The molecule has 2 aromatic rings. The van der Waals surface area contributed by atoms with Crippen molar-refractivity contribution in [3.63, 3.8) is 0 Å². The van der Waals surface area contributed by atoms with Crippen molar-refractivity contribution in [1.82, 2.24) is 9.80 Å². The monoisotopic (exact) mass is 617 g/mol. The minimum absolute atomic E-state index is 0.00381. The number of phenols is 1. The Bertz CT molecular complexity index is 1850. The van der Waals surface area contributed by atoms with Gasteiger partial charge in [0.05, 0.1) is 29.3 Å². The van der Waals surface area contributed by atoms with Crippen LogP contribution in [0.2, 0.25) is 0 Å². The highest BCUT2D eigenvalue weighted by Gasteiger charge is 2.50. The number of aliphatic hydroxyl groups excluding tert-OH is 1. The average Bonchev–Trinajstić information content (AvgIpc) is 3.43. The van der Waals surface area contributed by atoms with Crippen molar-refractivity contribution in [2.45, 2.75) is 56.0 Å². The zero-order chi connectivity index (χ0) is 31.0. The van der Waals surface area contributed by atoms with Crippen LogP contribution in [-0.2, 0) is 9.47 Å². The Kier molecular flexibility index (Phi) is 6.48. The predicted octanol–water partition coefficient (Wildman–Crippen LogP) is 4.19. The molecule has 8 heterocycles. The minimum atomic E-state index is -1.12. The van der Waals surface area contributed by atoms with Crippen molar-refractivity contribution in [1.29, 1.82) is 0 Å². The molecule has 4 fully saturated rings. The Balaban J connectivity index is 1.34. The summed E-state index contributed by atoms with van der Waals surface area (Å²) in [7, 11) is 0. The summed E-state index contributed by atoms with van der Waals surface area (Å²) < 4.78 is 58.6. The van der Waals surface area contributed by atoms with Crippen LogP contribution in [0.1, 0.15) is 43.2 Å². The maximum absolute atomic E-state index is 16.6. The number of ether oxygens (including phenoxy) is 2. The number of fused-ring (bicyclic) bond motifs is 3. The van der Waals surface area contributed by atoms with E-state index in [2.05, 4.69) is 20.8 Å². The summed E-state index contributed by atoms with van der Waals surface area (Å²) in [4.78, 5) is 17.6. The Hall–Kier alpha value is -4.34. The van der Waals surface area contributed by atoms with E-state index in [1.807, 2.05) is 4.90 Å². The zero-order valence-corrected chi connectivity index (χ0v) is 24.3. The maximum atomic E-state index is 16.6. The second-order valence-electron chi connectivity index (χ2n) is 12.4. The van der Waals surface area contributed by atoms with Crippen molar-refractivity contribution < 1.29 is 32.9 Å². The number of rotatable bonds is 4. The number of hydrogen-bond acceptors (Lipinski definition) is 9. The van der Waals surface area contributed by atoms with Gasteiger partial charge >= 0.3 is 6.02 Å². The third-order valence-corrected chi connectivity index (χ3v) is 9.93. The molecule has 9 nitrogen and oxygen atoms in total. The summed E-state index contributed by atoms with van der Waals surface area (Å²) in [5.41, 5.74) is 0.511. The van der Waals surface area contributed by atoms with Crippen LogP contribution in [0.3, 0.4) is 0 Å². The van der Waals surface area contributed by atoms with E-state index in [9.17, 15) is 19.0 Å². The fourth-order valence-corrected chi connectivity index (χ4v) is 7.92. The first-order valence-corrected chi connectivity index (χ1v) is 15.2. The van der Waals surface area contributed by atoms with Gasteiger partial charge in [0.25, 0.3) is 0 Å². The SMILES string of the molecule is C#Cc1c(F)ccc2cc(O)cc(C3=C(F)N=C(OC[C@@]45CCCN4C[C@H](F)C5)N=C4C5=C6CCN4C(CO)C(C6)OC5=N3)c12. The lowest BCUT2D eigenvalue weighted by molar-refractivity contribution is 0.0701. The largest absolute Gasteiger partial charge is 0.508 e. The molecule has 0 amide bonds. The summed E-state index contributed by atoms with van der Waals surface area (Å²) in [6.45, 7) is 1.45. The number of phenolic OH excluding ortho intramolecular Hbond substituents is 1. The van der Waals surface area contributed by atoms with E-state index in [0.29, 0.717) is 49.1 Å². The highest BCUT2D eigenvalue weighted by Crippen LogP contribution is 2.43. The van der Waals surface area contributed by atoms with Crippen molar-refractivity contribution in [2.24, 2.45) is 15.0 Å². The van der Waals surface area contributed by atoms with Gasteiger partial charge in [0.1, 0.15) is 42.0 Å². The number of benzene rings is 2. The predicted molar refractivity (Wildman–Crippen MR) is 162 cm³/mol. The van der Waals surface area contributed by atoms with Gasteiger partial charge in [-0.3, -0.25) is 4.90 Å². The summed E-state index contributed by atoms with van der Waals surface area (Å²) >= 11 is 0. The van der Waals surface area contributed by atoms with Crippen LogP contribution in [0.4, 0.5) is 13.2 Å². The molecule has 0 aromatic heterocycles. The number of aromatic hydroxyl groups is 1. The molecule has 8 aliphatic heterocycles. The molecule has 0 aliphatic carbocycles. The molecule has 8 aliphatic rings. The molecular formula is C33H30F3N5O4. The van der Waals surface area contributed by atoms with Crippen molar-refractivity contribution in [3.8, 4) is 18.1 Å². The van der Waals surface area contributed by atoms with Gasteiger partial charge in [0.15, 0.2) is 0 Å². The summed E-state index contributed by atoms with van der Waals surface area (Å²) in [5, 5.41) is 21.6. The van der Waals surface area contributed by atoms with Crippen LogP contribution in [0, 0.1) is 18.2 Å². The highest BCUT2D eigenvalue weighted by molar-refractivity contribution is 6.25. The fraction of sp³-hybridized carbons (Fsp3) is 0.424. The van der Waals surface area contributed by atoms with E-state index < -0.39 is 35.6 Å². The lowest BCUT2D eigenvalue weighted by Crippen LogP contribution is -2.47. The Labute approximate surface area is 257 Å². The summed E-state index contributed by atoms with van der Waals surface area (Å²) in [6.07, 6.45) is 7.35. The molecular weight excluding hydrogens is 587 g/mol. The molecule has 2 unspecified atom stereocenters. The Morgan fingerprint density at radius 1 is 1.18 bits per heavy atom. The van der Waals surface area contributed by atoms with Crippen LogP contribution in [0.5, 0.6) is 5.75 Å². The van der Waals surface area contributed by atoms with Crippen LogP contribution < -0.4 is 0 Å². The van der Waals surface area contributed by atoms with Gasteiger partial charge in [-0.15, -0.1) is 6.42 Å². The number of alkyl halides is 1. The van der Waals surface area contributed by atoms with Gasteiger partial charge in [-0.2, -0.15) is 14.4 Å². The second-order valence-corrected chi connectivity index (χ2v) is 12.4. The number of aliphatic imine (C=N–C) groups is 3. The zero-order valence-electron chi connectivity index (χ0n) is 24.3. The van der Waals surface area contributed by atoms with Gasteiger partial charge in [0.2, 0.25) is 11.8 Å². The number of halogens is 3. The van der Waals surface area contributed by atoms with Crippen LogP contribution in [0.25, 0.3) is 16.5 Å². The first kappa shape index (κ1) is 28.2. The molecule has 2 aromatic carbocycles. The fourth-order valence-electron chi connectivity index (χ4n) is 7.92. The number of nitrogens with zero attached hydrogens (tertiary/aromatic N) is 5. The highest BCUT2D eigenvalue weighted by atomic mass is 19.1. The molecule has 2 N–H and O–H groups in total. The normalized spacial score (nSPS) is 29.0. The van der Waals surface area contributed by atoms with Crippen LogP contribution >= 0.6 is 0 Å². The first-order valence-electron chi connectivity index (χ1n) is 15.2. The third kappa shape index (κ3) is 4.35. The van der Waals surface area contributed by atoms with Crippen molar-refractivity contribution in [3.05, 3.63) is 58.3 Å². The molecule has 232 valence electrons. The molecule has 12 heteroatoms. The van der Waals surface area contributed by atoms with E-state index in [4.69, 9.17) is 20.9 Å². The van der Waals surface area contributed by atoms with E-state index >= 15 is 4.39 Å². The standard InChI is InChI=1S/C33H30F3N5O4/c1-2-21-23(35)5-4-17-10-20(43)12-22(26(17)21)28-29(36)38-32(44-16-33-7-3-8-40(33)14-19(34)13-33)39-30-27-18-6-9-41(30)24(15-42)25(11-18)45-31(27)37-28/h1,4-5,10,12,19,24-25,42-43H,3,6-9,11,13-16H2/t19-,24?,25?,33+/m1/s1. The first-order chi connectivity index (χ1) is 21.8. The smallest absolute Gasteiger partial charge is 0.321 e. The average molecular weight is 618 g/mol. The van der Waals surface area contributed by atoms with Gasteiger partial charge in [-0.25, -0.2) is 13.8 Å². The second kappa shape index (κ2) is 10.4. The number of aliphatic hydroxyl groups is 1. The lowest BCUT2D eigenvalue weighted by atomic mass is 9.94. The topological polar surface area (TPSA) is 102 Å². The van der Waals surface area contributed by atoms with Crippen molar-refractivity contribution in [2.75, 3.05) is 32.8 Å². The molecule has 10 rings (SSSR count). The Morgan fingerprint density at radius 2 is 2.04 bits per heavy atom. The number of terminal acetylenes is 1. The minimum Gasteiger partial charge on any atom is -0.508 e.